The van der Waals surface area contributed by atoms with Crippen molar-refractivity contribution in [3.63, 3.8) is 0 Å². The van der Waals surface area contributed by atoms with Gasteiger partial charge in [-0.25, -0.2) is 4.79 Å². The molecule has 1 aliphatic rings. The van der Waals surface area contributed by atoms with E-state index >= 15 is 0 Å². The van der Waals surface area contributed by atoms with Crippen LogP contribution in [0.2, 0.25) is 0 Å². The van der Waals surface area contributed by atoms with Crippen molar-refractivity contribution >= 4 is 5.97 Å². The number of esters is 1. The van der Waals surface area contributed by atoms with E-state index in [0.29, 0.717) is 29.4 Å². The molecule has 0 aromatic heterocycles. The van der Waals surface area contributed by atoms with E-state index in [-0.39, 0.29) is 23.6 Å². The zero-order chi connectivity index (χ0) is 23.3. The summed E-state index contributed by atoms with van der Waals surface area (Å²) in [6, 6.07) is 15.4. The van der Waals surface area contributed by atoms with Gasteiger partial charge in [0.2, 0.25) is 5.88 Å². The Labute approximate surface area is 187 Å². The van der Waals surface area contributed by atoms with Gasteiger partial charge in [-0.05, 0) is 49.6 Å². The van der Waals surface area contributed by atoms with Crippen LogP contribution in [0.1, 0.15) is 36.5 Å². The number of benzene rings is 2. The second kappa shape index (κ2) is 9.92. The standard InChI is InChI=1S/C25H26N2O5/c1-5-30-25(28)22-16(3)32-24(27)19(13-26)23(22)18-12-21(20(29-4)11-15(18)2)31-14-17-9-7-6-8-10-17/h6-12,23H,5,14,27H2,1-4H3. The van der Waals surface area contributed by atoms with Crippen LogP contribution < -0.4 is 15.2 Å². The Morgan fingerprint density at radius 1 is 1.19 bits per heavy atom. The van der Waals surface area contributed by atoms with Crippen molar-refractivity contribution < 1.29 is 23.7 Å². The summed E-state index contributed by atoms with van der Waals surface area (Å²) in [6.07, 6.45) is 0. The highest BCUT2D eigenvalue weighted by molar-refractivity contribution is 5.92. The van der Waals surface area contributed by atoms with Crippen LogP contribution in [-0.2, 0) is 20.9 Å². The summed E-state index contributed by atoms with van der Waals surface area (Å²) in [7, 11) is 1.56. The van der Waals surface area contributed by atoms with Gasteiger partial charge in [-0.1, -0.05) is 30.3 Å². The minimum absolute atomic E-state index is 0.0370. The lowest BCUT2D eigenvalue weighted by molar-refractivity contribution is -0.139. The van der Waals surface area contributed by atoms with Gasteiger partial charge >= 0.3 is 5.97 Å². The zero-order valence-corrected chi connectivity index (χ0v) is 18.6. The average molecular weight is 434 g/mol. The number of nitrogens with two attached hydrogens (primary N) is 1. The number of nitriles is 1. The number of methoxy groups -OCH3 is 1. The molecule has 0 amide bonds. The molecule has 166 valence electrons. The van der Waals surface area contributed by atoms with Crippen molar-refractivity contribution in [3.05, 3.63) is 81.9 Å². The van der Waals surface area contributed by atoms with E-state index in [1.54, 1.807) is 27.0 Å². The Morgan fingerprint density at radius 3 is 2.53 bits per heavy atom. The molecule has 7 heteroatoms. The second-order valence-corrected chi connectivity index (χ2v) is 7.25. The molecular formula is C25H26N2O5. The molecule has 2 aromatic rings. The first-order chi connectivity index (χ1) is 15.4. The number of carbonyl (C=O) groups is 1. The molecule has 0 saturated heterocycles. The van der Waals surface area contributed by atoms with Crippen molar-refractivity contribution in [2.45, 2.75) is 33.3 Å². The quantitative estimate of drug-likeness (QED) is 0.651. The monoisotopic (exact) mass is 434 g/mol. The van der Waals surface area contributed by atoms with Crippen LogP contribution in [0.15, 0.2) is 65.3 Å². The fourth-order valence-corrected chi connectivity index (χ4v) is 3.66. The van der Waals surface area contributed by atoms with Crippen LogP contribution in [0.5, 0.6) is 11.5 Å². The van der Waals surface area contributed by atoms with E-state index < -0.39 is 11.9 Å². The largest absolute Gasteiger partial charge is 0.493 e. The molecule has 32 heavy (non-hydrogen) atoms. The summed E-state index contributed by atoms with van der Waals surface area (Å²) in [5.74, 6) is -0.0183. The van der Waals surface area contributed by atoms with Gasteiger partial charge in [0, 0.05) is 0 Å². The molecule has 1 unspecified atom stereocenters. The van der Waals surface area contributed by atoms with Crippen LogP contribution in [0.25, 0.3) is 0 Å². The summed E-state index contributed by atoms with van der Waals surface area (Å²) in [6.45, 7) is 5.74. The maximum Gasteiger partial charge on any atom is 0.338 e. The molecule has 0 saturated carbocycles. The van der Waals surface area contributed by atoms with Crippen LogP contribution >= 0.6 is 0 Å². The maximum absolute atomic E-state index is 12.8. The van der Waals surface area contributed by atoms with Gasteiger partial charge in [0.05, 0.1) is 25.2 Å². The van der Waals surface area contributed by atoms with Gasteiger partial charge in [-0.2, -0.15) is 5.26 Å². The maximum atomic E-state index is 12.8. The van der Waals surface area contributed by atoms with E-state index in [4.69, 9.17) is 24.7 Å². The molecule has 0 spiro atoms. The lowest BCUT2D eigenvalue weighted by atomic mass is 9.81. The molecule has 2 aromatic carbocycles. The SMILES string of the molecule is CCOC(=O)C1=C(C)OC(N)=C(C#N)C1c1cc(OCc2ccccc2)c(OC)cc1C. The second-order valence-electron chi connectivity index (χ2n) is 7.25. The zero-order valence-electron chi connectivity index (χ0n) is 18.6. The summed E-state index contributed by atoms with van der Waals surface area (Å²) < 4.78 is 22.3. The van der Waals surface area contributed by atoms with Crippen molar-refractivity contribution in [2.75, 3.05) is 13.7 Å². The first-order valence-corrected chi connectivity index (χ1v) is 10.2. The van der Waals surface area contributed by atoms with E-state index in [9.17, 15) is 10.1 Å². The number of rotatable bonds is 7. The predicted octanol–water partition coefficient (Wildman–Crippen LogP) is 4.23. The van der Waals surface area contributed by atoms with Crippen LogP contribution in [0, 0.1) is 18.3 Å². The average Bonchev–Trinajstić information content (AvgIpc) is 2.78. The molecule has 2 N–H and O–H groups in total. The predicted molar refractivity (Wildman–Crippen MR) is 118 cm³/mol. The van der Waals surface area contributed by atoms with Gasteiger partial charge < -0.3 is 24.7 Å². The molecule has 7 nitrogen and oxygen atoms in total. The van der Waals surface area contributed by atoms with Crippen molar-refractivity contribution in [3.8, 4) is 17.6 Å². The minimum Gasteiger partial charge on any atom is -0.493 e. The third-order valence-corrected chi connectivity index (χ3v) is 5.20. The Balaban J connectivity index is 2.11. The van der Waals surface area contributed by atoms with Gasteiger partial charge in [0.1, 0.15) is 24.0 Å². The highest BCUT2D eigenvalue weighted by Gasteiger charge is 2.37. The summed E-state index contributed by atoms with van der Waals surface area (Å²) in [5.41, 5.74) is 8.87. The van der Waals surface area contributed by atoms with E-state index in [1.165, 1.54) is 0 Å². The van der Waals surface area contributed by atoms with Crippen LogP contribution in [-0.4, -0.2) is 19.7 Å². The highest BCUT2D eigenvalue weighted by atomic mass is 16.5. The topological polar surface area (TPSA) is 104 Å². The summed E-state index contributed by atoms with van der Waals surface area (Å²) >= 11 is 0. The number of ether oxygens (including phenoxy) is 4. The van der Waals surface area contributed by atoms with E-state index in [1.807, 2.05) is 43.3 Å². The normalized spacial score (nSPS) is 15.7. The number of carbonyl (C=O) groups excluding carboxylic acids is 1. The molecular weight excluding hydrogens is 408 g/mol. The number of hydrogen-bond donors (Lipinski definition) is 1. The van der Waals surface area contributed by atoms with Crippen molar-refractivity contribution in [1.82, 2.24) is 0 Å². The molecule has 0 radical (unpaired) electrons. The highest BCUT2D eigenvalue weighted by Crippen LogP contribution is 2.44. The Bertz CT molecular complexity index is 1110. The molecule has 1 atom stereocenters. The molecule has 1 heterocycles. The van der Waals surface area contributed by atoms with Crippen LogP contribution in [0.3, 0.4) is 0 Å². The lowest BCUT2D eigenvalue weighted by Gasteiger charge is -2.28. The first-order valence-electron chi connectivity index (χ1n) is 10.2. The minimum atomic E-state index is -0.752. The molecule has 3 rings (SSSR count). The van der Waals surface area contributed by atoms with Crippen molar-refractivity contribution in [1.29, 1.82) is 5.26 Å². The Hall–Kier alpha value is -3.92. The van der Waals surface area contributed by atoms with Crippen LogP contribution in [0.4, 0.5) is 0 Å². The lowest BCUT2D eigenvalue weighted by Crippen LogP contribution is -2.26. The van der Waals surface area contributed by atoms with Gasteiger partial charge in [0.25, 0.3) is 0 Å². The molecule has 1 aliphatic heterocycles. The molecule has 0 aliphatic carbocycles. The van der Waals surface area contributed by atoms with Gasteiger partial charge in [-0.15, -0.1) is 0 Å². The molecule has 0 bridgehead atoms. The third kappa shape index (κ3) is 4.54. The summed E-state index contributed by atoms with van der Waals surface area (Å²) in [5, 5.41) is 9.82. The Kier molecular flexibility index (Phi) is 7.06. The van der Waals surface area contributed by atoms with Crippen molar-refractivity contribution in [2.24, 2.45) is 5.73 Å². The van der Waals surface area contributed by atoms with E-state index in [2.05, 4.69) is 6.07 Å². The number of nitrogens with zero attached hydrogens (tertiary/aromatic N) is 1. The van der Waals surface area contributed by atoms with Gasteiger partial charge in [-0.3, -0.25) is 0 Å². The van der Waals surface area contributed by atoms with Gasteiger partial charge in [0.15, 0.2) is 11.5 Å². The number of allylic oxidation sites excluding steroid dienone is 2. The smallest absolute Gasteiger partial charge is 0.338 e. The number of aryl methyl sites for hydroxylation is 1. The third-order valence-electron chi connectivity index (χ3n) is 5.20. The fraction of sp³-hybridized carbons (Fsp3) is 0.280. The number of hydrogen-bond acceptors (Lipinski definition) is 7. The fourth-order valence-electron chi connectivity index (χ4n) is 3.66. The molecule has 0 fully saturated rings. The summed E-state index contributed by atoms with van der Waals surface area (Å²) in [4.78, 5) is 12.8. The Morgan fingerprint density at radius 2 is 1.91 bits per heavy atom. The first kappa shape index (κ1) is 22.8. The van der Waals surface area contributed by atoms with E-state index in [0.717, 1.165) is 11.1 Å².